The Morgan fingerprint density at radius 1 is 1.37 bits per heavy atom. The summed E-state index contributed by atoms with van der Waals surface area (Å²) in [6.45, 7) is 2.03. The van der Waals surface area contributed by atoms with Gasteiger partial charge in [-0.2, -0.15) is 0 Å². The number of nitrogens with zero attached hydrogens (tertiary/aromatic N) is 2. The number of nitro groups is 1. The molecule has 0 radical (unpaired) electrons. The van der Waals surface area contributed by atoms with Crippen LogP contribution < -0.4 is 4.74 Å². The molecule has 0 saturated heterocycles. The molecule has 0 N–H and O–H groups in total. The van der Waals surface area contributed by atoms with Crippen molar-refractivity contribution in [2.24, 2.45) is 0 Å². The molecule has 0 atom stereocenters. The van der Waals surface area contributed by atoms with Gasteiger partial charge in [0.05, 0.1) is 17.1 Å². The molecule has 2 aromatic rings. The molecule has 1 aromatic carbocycles. The summed E-state index contributed by atoms with van der Waals surface area (Å²) in [7, 11) is 0. The van der Waals surface area contributed by atoms with Crippen molar-refractivity contribution in [3.05, 3.63) is 57.2 Å². The second-order valence-corrected chi connectivity index (χ2v) is 4.23. The predicted octanol–water partition coefficient (Wildman–Crippen LogP) is 4.00. The van der Waals surface area contributed by atoms with Crippen LogP contribution in [0.5, 0.6) is 11.6 Å². The second kappa shape index (κ2) is 5.67. The topological polar surface area (TPSA) is 65.3 Å². The summed E-state index contributed by atoms with van der Waals surface area (Å²) >= 11 is 5.72. The van der Waals surface area contributed by atoms with Crippen molar-refractivity contribution in [3.8, 4) is 11.6 Å². The van der Waals surface area contributed by atoms with E-state index in [4.69, 9.17) is 16.3 Å². The number of aryl methyl sites for hydroxylation is 1. The Labute approximate surface area is 115 Å². The number of pyridine rings is 1. The first-order valence-electron chi connectivity index (χ1n) is 5.67. The van der Waals surface area contributed by atoms with Crippen molar-refractivity contribution in [1.82, 2.24) is 4.98 Å². The van der Waals surface area contributed by atoms with E-state index in [1.165, 1.54) is 12.1 Å². The van der Waals surface area contributed by atoms with Gasteiger partial charge in [0.1, 0.15) is 10.9 Å². The molecule has 5 nitrogen and oxygen atoms in total. The van der Waals surface area contributed by atoms with Crippen LogP contribution in [-0.2, 0) is 6.42 Å². The molecule has 6 heteroatoms. The normalized spacial score (nSPS) is 10.2. The number of rotatable bonds is 4. The van der Waals surface area contributed by atoms with Gasteiger partial charge >= 0.3 is 0 Å². The van der Waals surface area contributed by atoms with Crippen LogP contribution in [0.15, 0.2) is 36.4 Å². The van der Waals surface area contributed by atoms with Gasteiger partial charge < -0.3 is 4.74 Å². The van der Waals surface area contributed by atoms with Crippen LogP contribution in [0.4, 0.5) is 5.69 Å². The minimum atomic E-state index is -0.539. The smallest absolute Gasteiger partial charge is 0.277 e. The predicted molar refractivity (Wildman–Crippen MR) is 71.8 cm³/mol. The van der Waals surface area contributed by atoms with Crippen LogP contribution in [-0.4, -0.2) is 9.91 Å². The SMILES string of the molecule is CCc1cccc(Oc2cc([N+](=O)[O-])cc(Cl)n2)c1. The molecule has 0 fully saturated rings. The molecular formula is C13H11ClN2O3. The van der Waals surface area contributed by atoms with Gasteiger partial charge in [0.25, 0.3) is 5.69 Å². The summed E-state index contributed by atoms with van der Waals surface area (Å²) in [6.07, 6.45) is 0.875. The van der Waals surface area contributed by atoms with Crippen molar-refractivity contribution >= 4 is 17.3 Å². The lowest BCUT2D eigenvalue weighted by atomic mass is 10.2. The van der Waals surface area contributed by atoms with Crippen LogP contribution >= 0.6 is 11.6 Å². The summed E-state index contributed by atoms with van der Waals surface area (Å²) in [4.78, 5) is 14.1. The highest BCUT2D eigenvalue weighted by atomic mass is 35.5. The maximum Gasteiger partial charge on any atom is 0.277 e. The fourth-order valence-electron chi connectivity index (χ4n) is 1.57. The number of benzene rings is 1. The minimum absolute atomic E-state index is 0.0239. The Kier molecular flexibility index (Phi) is 3.97. The Bertz CT molecular complexity index is 617. The van der Waals surface area contributed by atoms with Crippen molar-refractivity contribution in [2.75, 3.05) is 0 Å². The summed E-state index contributed by atoms with van der Waals surface area (Å²) in [5, 5.41) is 10.7. The largest absolute Gasteiger partial charge is 0.439 e. The molecule has 1 aromatic heterocycles. The quantitative estimate of drug-likeness (QED) is 0.482. The lowest BCUT2D eigenvalue weighted by Crippen LogP contribution is -1.93. The molecule has 98 valence electrons. The Morgan fingerprint density at radius 3 is 2.84 bits per heavy atom. The second-order valence-electron chi connectivity index (χ2n) is 3.85. The standard InChI is InChI=1S/C13H11ClN2O3/c1-2-9-4-3-5-11(6-9)19-13-8-10(16(17)18)7-12(14)15-13/h3-8H,2H2,1H3. The van der Waals surface area contributed by atoms with Gasteiger partial charge in [-0.1, -0.05) is 30.7 Å². The average molecular weight is 279 g/mol. The van der Waals surface area contributed by atoms with E-state index < -0.39 is 4.92 Å². The molecule has 0 aliphatic carbocycles. The average Bonchev–Trinajstić information content (AvgIpc) is 2.38. The molecule has 2 rings (SSSR count). The van der Waals surface area contributed by atoms with Crippen LogP contribution in [0.1, 0.15) is 12.5 Å². The van der Waals surface area contributed by atoms with Crippen molar-refractivity contribution in [1.29, 1.82) is 0 Å². The molecule has 0 spiro atoms. The van der Waals surface area contributed by atoms with E-state index in [1.807, 2.05) is 25.1 Å². The number of hydrogen-bond donors (Lipinski definition) is 0. The molecule has 19 heavy (non-hydrogen) atoms. The van der Waals surface area contributed by atoms with E-state index in [0.29, 0.717) is 5.75 Å². The lowest BCUT2D eigenvalue weighted by molar-refractivity contribution is -0.385. The van der Waals surface area contributed by atoms with E-state index in [2.05, 4.69) is 4.98 Å². The van der Waals surface area contributed by atoms with Gasteiger partial charge in [-0.05, 0) is 24.1 Å². The molecule has 0 saturated carbocycles. The summed E-state index contributed by atoms with van der Waals surface area (Å²) < 4.78 is 5.49. The third-order valence-corrected chi connectivity index (χ3v) is 2.69. The van der Waals surface area contributed by atoms with Crippen molar-refractivity contribution < 1.29 is 9.66 Å². The van der Waals surface area contributed by atoms with E-state index >= 15 is 0 Å². The van der Waals surface area contributed by atoms with E-state index in [-0.39, 0.29) is 16.7 Å². The number of ether oxygens (including phenoxy) is 1. The molecule has 0 aliphatic heterocycles. The monoisotopic (exact) mass is 278 g/mol. The highest BCUT2D eigenvalue weighted by molar-refractivity contribution is 6.29. The lowest BCUT2D eigenvalue weighted by Gasteiger charge is -2.06. The van der Waals surface area contributed by atoms with Crippen molar-refractivity contribution in [2.45, 2.75) is 13.3 Å². The molecule has 0 unspecified atom stereocenters. The van der Waals surface area contributed by atoms with E-state index in [1.54, 1.807) is 6.07 Å². The maximum atomic E-state index is 10.7. The first-order valence-corrected chi connectivity index (χ1v) is 6.05. The van der Waals surface area contributed by atoms with E-state index in [9.17, 15) is 10.1 Å². The fraction of sp³-hybridized carbons (Fsp3) is 0.154. The summed E-state index contributed by atoms with van der Waals surface area (Å²) in [5.74, 6) is 0.677. The number of hydrogen-bond acceptors (Lipinski definition) is 4. The zero-order valence-electron chi connectivity index (χ0n) is 10.2. The van der Waals surface area contributed by atoms with Gasteiger partial charge in [0, 0.05) is 0 Å². The number of aromatic nitrogens is 1. The highest BCUT2D eigenvalue weighted by Gasteiger charge is 2.11. The molecular weight excluding hydrogens is 268 g/mol. The number of halogens is 1. The first kappa shape index (κ1) is 13.3. The van der Waals surface area contributed by atoms with E-state index in [0.717, 1.165) is 12.0 Å². The summed E-state index contributed by atoms with van der Waals surface area (Å²) in [6, 6.07) is 9.86. The van der Waals surface area contributed by atoms with Gasteiger partial charge in [0.15, 0.2) is 0 Å². The highest BCUT2D eigenvalue weighted by Crippen LogP contribution is 2.26. The van der Waals surface area contributed by atoms with Crippen molar-refractivity contribution in [3.63, 3.8) is 0 Å². The molecule has 0 aliphatic rings. The van der Waals surface area contributed by atoms with Gasteiger partial charge in [-0.3, -0.25) is 10.1 Å². The molecule has 0 bridgehead atoms. The fourth-order valence-corrected chi connectivity index (χ4v) is 1.76. The van der Waals surface area contributed by atoms with Gasteiger partial charge in [-0.25, -0.2) is 4.98 Å². The molecule has 1 heterocycles. The third-order valence-electron chi connectivity index (χ3n) is 2.50. The minimum Gasteiger partial charge on any atom is -0.439 e. The maximum absolute atomic E-state index is 10.7. The van der Waals surface area contributed by atoms with Crippen LogP contribution in [0.3, 0.4) is 0 Å². The summed E-state index contributed by atoms with van der Waals surface area (Å²) in [5.41, 5.74) is 0.954. The Morgan fingerprint density at radius 2 is 2.16 bits per heavy atom. The van der Waals surface area contributed by atoms with Crippen LogP contribution in [0.2, 0.25) is 5.15 Å². The third kappa shape index (κ3) is 3.42. The first-order chi connectivity index (χ1) is 9.08. The Hall–Kier alpha value is -2.14. The Balaban J connectivity index is 2.29. The molecule has 0 amide bonds. The van der Waals surface area contributed by atoms with Crippen LogP contribution in [0, 0.1) is 10.1 Å². The van der Waals surface area contributed by atoms with Crippen LogP contribution in [0.25, 0.3) is 0 Å². The zero-order chi connectivity index (χ0) is 13.8. The van der Waals surface area contributed by atoms with Gasteiger partial charge in [-0.15, -0.1) is 0 Å². The zero-order valence-corrected chi connectivity index (χ0v) is 10.9. The van der Waals surface area contributed by atoms with Gasteiger partial charge in [0.2, 0.25) is 5.88 Å².